The Bertz CT molecular complexity index is 357. The van der Waals surface area contributed by atoms with Gasteiger partial charge in [0.15, 0.2) is 0 Å². The molecule has 0 aliphatic carbocycles. The number of carboxylic acids is 1. The third-order valence-electron chi connectivity index (χ3n) is 2.64. The van der Waals surface area contributed by atoms with E-state index in [2.05, 4.69) is 0 Å². The number of hydrogen-bond acceptors (Lipinski definition) is 3. The Kier molecular flexibility index (Phi) is 10.7. The number of rotatable bonds is 9. The van der Waals surface area contributed by atoms with Gasteiger partial charge in [-0.25, -0.2) is 0 Å². The normalized spacial score (nSPS) is 9.68. The van der Waals surface area contributed by atoms with Gasteiger partial charge in [0.05, 0.1) is 6.61 Å². The van der Waals surface area contributed by atoms with Crippen molar-refractivity contribution >= 4 is 5.97 Å². The van der Waals surface area contributed by atoms with Gasteiger partial charge in [0.2, 0.25) is 0 Å². The summed E-state index contributed by atoms with van der Waals surface area (Å²) in [5.74, 6) is 0.283. The van der Waals surface area contributed by atoms with Crippen molar-refractivity contribution in [2.45, 2.75) is 38.5 Å². The van der Waals surface area contributed by atoms with Gasteiger partial charge in [-0.1, -0.05) is 19.3 Å². The average Bonchev–Trinajstić information content (AvgIpc) is 2.34. The number of hydrogen-bond donors (Lipinski definition) is 2. The molecule has 19 heavy (non-hydrogen) atoms. The molecule has 0 radical (unpaired) electrons. The number of carboxylic acid groups (broad SMARTS) is 1. The standard InChI is InChI=1S/C14H20O4.Na.H/c15-12-7-9-13(10-8-12)18-11-5-3-1-2-4-6-14(16)17;;/h7-10,15H,1-6,11H2,(H,16,17);;/q;+1;-1. The van der Waals surface area contributed by atoms with Gasteiger partial charge in [-0.05, 0) is 37.1 Å². The van der Waals surface area contributed by atoms with Gasteiger partial charge in [0.1, 0.15) is 11.5 Å². The summed E-state index contributed by atoms with van der Waals surface area (Å²) in [5.41, 5.74) is 0. The van der Waals surface area contributed by atoms with E-state index in [1.807, 2.05) is 0 Å². The summed E-state index contributed by atoms with van der Waals surface area (Å²) < 4.78 is 5.50. The van der Waals surface area contributed by atoms with Crippen LogP contribution in [0.5, 0.6) is 11.5 Å². The zero-order valence-corrected chi connectivity index (χ0v) is 13.5. The van der Waals surface area contributed by atoms with Crippen molar-refractivity contribution in [3.63, 3.8) is 0 Å². The van der Waals surface area contributed by atoms with E-state index in [0.717, 1.165) is 37.9 Å². The molecule has 0 heterocycles. The van der Waals surface area contributed by atoms with Crippen LogP contribution in [0.1, 0.15) is 40.0 Å². The monoisotopic (exact) mass is 276 g/mol. The summed E-state index contributed by atoms with van der Waals surface area (Å²) in [5, 5.41) is 17.6. The van der Waals surface area contributed by atoms with Crippen LogP contribution in [0.25, 0.3) is 0 Å². The van der Waals surface area contributed by atoms with Crippen LogP contribution in [0.15, 0.2) is 24.3 Å². The molecule has 0 saturated carbocycles. The Labute approximate surface area is 137 Å². The van der Waals surface area contributed by atoms with Crippen molar-refractivity contribution in [2.24, 2.45) is 0 Å². The second-order valence-corrected chi connectivity index (χ2v) is 4.25. The van der Waals surface area contributed by atoms with Crippen LogP contribution in [0, 0.1) is 0 Å². The van der Waals surface area contributed by atoms with Crippen molar-refractivity contribution in [3.05, 3.63) is 24.3 Å². The number of phenolic OH excluding ortho intramolecular Hbond substituents is 1. The van der Waals surface area contributed by atoms with Gasteiger partial charge in [-0.3, -0.25) is 4.79 Å². The third kappa shape index (κ3) is 9.82. The predicted molar refractivity (Wildman–Crippen MR) is 70.1 cm³/mol. The molecule has 0 aliphatic rings. The molecule has 0 aliphatic heterocycles. The number of aromatic hydroxyl groups is 1. The summed E-state index contributed by atoms with van der Waals surface area (Å²) in [7, 11) is 0. The largest absolute Gasteiger partial charge is 1.00 e. The van der Waals surface area contributed by atoms with Crippen molar-refractivity contribution < 1.29 is 50.7 Å². The first-order chi connectivity index (χ1) is 8.68. The van der Waals surface area contributed by atoms with Crippen LogP contribution in [0.2, 0.25) is 0 Å². The molecule has 102 valence electrons. The second-order valence-electron chi connectivity index (χ2n) is 4.25. The molecule has 5 heteroatoms. The van der Waals surface area contributed by atoms with Crippen molar-refractivity contribution in [2.75, 3.05) is 6.61 Å². The number of phenols is 1. The quantitative estimate of drug-likeness (QED) is 0.503. The smallest absolute Gasteiger partial charge is 1.00 e. The third-order valence-corrected chi connectivity index (χ3v) is 2.64. The van der Waals surface area contributed by atoms with Gasteiger partial charge in [0.25, 0.3) is 0 Å². The molecule has 0 atom stereocenters. The fourth-order valence-corrected chi connectivity index (χ4v) is 1.64. The first-order valence-corrected chi connectivity index (χ1v) is 6.32. The topological polar surface area (TPSA) is 66.8 Å². The molecule has 1 rings (SSSR count). The van der Waals surface area contributed by atoms with Crippen LogP contribution >= 0.6 is 0 Å². The minimum atomic E-state index is -0.717. The average molecular weight is 276 g/mol. The van der Waals surface area contributed by atoms with Crippen LogP contribution in [-0.4, -0.2) is 22.8 Å². The molecule has 0 aromatic heterocycles. The van der Waals surface area contributed by atoms with Gasteiger partial charge in [-0.2, -0.15) is 0 Å². The summed E-state index contributed by atoms with van der Waals surface area (Å²) in [6.45, 7) is 0.656. The van der Waals surface area contributed by atoms with E-state index in [1.54, 1.807) is 24.3 Å². The van der Waals surface area contributed by atoms with Gasteiger partial charge < -0.3 is 16.4 Å². The van der Waals surface area contributed by atoms with E-state index >= 15 is 0 Å². The van der Waals surface area contributed by atoms with Crippen LogP contribution < -0.4 is 34.3 Å². The Balaban J connectivity index is 0. The molecule has 1 aromatic carbocycles. The molecule has 4 nitrogen and oxygen atoms in total. The fraction of sp³-hybridized carbons (Fsp3) is 0.500. The molecule has 0 fully saturated rings. The van der Waals surface area contributed by atoms with E-state index in [4.69, 9.17) is 14.9 Å². The van der Waals surface area contributed by atoms with Crippen LogP contribution in [0.3, 0.4) is 0 Å². The molecule has 0 unspecified atom stereocenters. The van der Waals surface area contributed by atoms with Crippen LogP contribution in [-0.2, 0) is 4.79 Å². The van der Waals surface area contributed by atoms with E-state index in [1.165, 1.54) is 0 Å². The Morgan fingerprint density at radius 2 is 1.63 bits per heavy atom. The summed E-state index contributed by atoms with van der Waals surface area (Å²) in [4.78, 5) is 10.3. The number of benzene rings is 1. The first-order valence-electron chi connectivity index (χ1n) is 6.32. The number of ether oxygens (including phenoxy) is 1. The summed E-state index contributed by atoms with van der Waals surface area (Å²) in [6.07, 6.45) is 5.06. The van der Waals surface area contributed by atoms with Gasteiger partial charge >= 0.3 is 35.5 Å². The number of carbonyl (C=O) groups is 1. The van der Waals surface area contributed by atoms with Crippen molar-refractivity contribution in [1.82, 2.24) is 0 Å². The molecule has 0 spiro atoms. The molecular weight excluding hydrogens is 255 g/mol. The number of aliphatic carboxylic acids is 1. The maximum atomic E-state index is 10.3. The molecule has 0 saturated heterocycles. The van der Waals surface area contributed by atoms with E-state index in [-0.39, 0.29) is 43.2 Å². The second kappa shape index (κ2) is 11.1. The molecular formula is C14H21NaO4. The van der Waals surface area contributed by atoms with Gasteiger partial charge in [0, 0.05) is 6.42 Å². The zero-order valence-electron chi connectivity index (χ0n) is 12.5. The van der Waals surface area contributed by atoms with Crippen LogP contribution in [0.4, 0.5) is 0 Å². The molecule has 0 amide bonds. The number of unbranched alkanes of at least 4 members (excludes halogenated alkanes) is 4. The Morgan fingerprint density at radius 3 is 2.26 bits per heavy atom. The van der Waals surface area contributed by atoms with E-state index < -0.39 is 5.97 Å². The Hall–Kier alpha value is -0.710. The summed E-state index contributed by atoms with van der Waals surface area (Å²) >= 11 is 0. The minimum absolute atomic E-state index is 0. The summed E-state index contributed by atoms with van der Waals surface area (Å²) in [6, 6.07) is 6.67. The SMILES string of the molecule is O=C(O)CCCCCCCOc1ccc(O)cc1.[H-].[Na+]. The maximum absolute atomic E-state index is 10.3. The molecule has 0 bridgehead atoms. The predicted octanol–water partition coefficient (Wildman–Crippen LogP) is 0.313. The maximum Gasteiger partial charge on any atom is 1.00 e. The van der Waals surface area contributed by atoms with Gasteiger partial charge in [-0.15, -0.1) is 0 Å². The molecule has 1 aromatic rings. The Morgan fingerprint density at radius 1 is 1.05 bits per heavy atom. The van der Waals surface area contributed by atoms with E-state index in [9.17, 15) is 4.79 Å². The van der Waals surface area contributed by atoms with E-state index in [0.29, 0.717) is 6.61 Å². The zero-order chi connectivity index (χ0) is 13.2. The molecule has 2 N–H and O–H groups in total. The first kappa shape index (κ1) is 18.3. The van der Waals surface area contributed by atoms with Crippen molar-refractivity contribution in [1.29, 1.82) is 0 Å². The minimum Gasteiger partial charge on any atom is -1.00 e. The fourth-order valence-electron chi connectivity index (χ4n) is 1.64. The van der Waals surface area contributed by atoms with Crippen molar-refractivity contribution in [3.8, 4) is 11.5 Å².